The van der Waals surface area contributed by atoms with Gasteiger partial charge in [-0.3, -0.25) is 14.9 Å². The number of nitro groups is 1. The lowest BCUT2D eigenvalue weighted by molar-refractivity contribution is -0.385. The maximum absolute atomic E-state index is 12.1. The Morgan fingerprint density at radius 2 is 2.14 bits per heavy atom. The first-order valence-corrected chi connectivity index (χ1v) is 7.68. The van der Waals surface area contributed by atoms with Crippen molar-refractivity contribution in [2.24, 2.45) is 0 Å². The molecule has 0 saturated carbocycles. The predicted octanol–water partition coefficient (Wildman–Crippen LogP) is 1.48. The second-order valence-corrected chi connectivity index (χ2v) is 6.06. The number of carbonyl (C=O) groups is 1. The third-order valence-corrected chi connectivity index (χ3v) is 4.41. The quantitative estimate of drug-likeness (QED) is 0.478. The van der Waals surface area contributed by atoms with Crippen LogP contribution in [-0.4, -0.2) is 32.0 Å². The van der Waals surface area contributed by atoms with Crippen molar-refractivity contribution in [3.8, 4) is 0 Å². The molecule has 1 aromatic carbocycles. The second-order valence-electron chi connectivity index (χ2n) is 3.97. The van der Waals surface area contributed by atoms with Crippen molar-refractivity contribution >= 4 is 33.3 Å². The normalized spacial score (nSPS) is 12.7. The average Bonchev–Trinajstić information content (AvgIpc) is 2.38. The van der Waals surface area contributed by atoms with Crippen molar-refractivity contribution in [2.75, 3.05) is 6.61 Å². The summed E-state index contributed by atoms with van der Waals surface area (Å²) in [5.74, 6) is -0.761. The van der Waals surface area contributed by atoms with E-state index in [1.54, 1.807) is 6.92 Å². The van der Waals surface area contributed by atoms with E-state index in [1.165, 1.54) is 6.92 Å². The molecule has 0 fully saturated rings. The molecule has 116 valence electrons. The van der Waals surface area contributed by atoms with E-state index in [1.807, 2.05) is 0 Å². The molecule has 8 nitrogen and oxygen atoms in total. The van der Waals surface area contributed by atoms with Crippen LogP contribution < -0.4 is 4.72 Å². The van der Waals surface area contributed by atoms with Crippen molar-refractivity contribution in [3.63, 3.8) is 0 Å². The van der Waals surface area contributed by atoms with E-state index in [0.717, 1.165) is 18.2 Å². The largest absolute Gasteiger partial charge is 0.465 e. The number of sulfonamides is 1. The molecule has 1 rings (SSSR count). The SMILES string of the molecule is CCOC(=O)C(C)NS(=O)(=O)c1cc([N+](=O)[O-])ccc1Cl. The Bertz CT molecular complexity index is 661. The van der Waals surface area contributed by atoms with Gasteiger partial charge < -0.3 is 4.74 Å². The molecule has 1 atom stereocenters. The molecule has 1 aromatic rings. The highest BCUT2D eigenvalue weighted by molar-refractivity contribution is 7.89. The molecular weight excluding hydrogens is 324 g/mol. The van der Waals surface area contributed by atoms with Crippen LogP contribution in [0.4, 0.5) is 5.69 Å². The molecule has 10 heteroatoms. The Hall–Kier alpha value is -1.71. The lowest BCUT2D eigenvalue weighted by Crippen LogP contribution is -2.39. The minimum absolute atomic E-state index is 0.0997. The van der Waals surface area contributed by atoms with Crippen LogP contribution in [0.1, 0.15) is 13.8 Å². The molecule has 0 aliphatic carbocycles. The molecule has 0 aliphatic rings. The Morgan fingerprint density at radius 1 is 1.52 bits per heavy atom. The van der Waals surface area contributed by atoms with Crippen LogP contribution in [0.25, 0.3) is 0 Å². The highest BCUT2D eigenvalue weighted by atomic mass is 35.5. The number of non-ortho nitro benzene ring substituents is 1. The Labute approximate surface area is 126 Å². The molecule has 21 heavy (non-hydrogen) atoms. The van der Waals surface area contributed by atoms with Gasteiger partial charge in [0.25, 0.3) is 5.69 Å². The number of carbonyl (C=O) groups excluding carboxylic acids is 1. The molecule has 0 radical (unpaired) electrons. The Morgan fingerprint density at radius 3 is 2.67 bits per heavy atom. The maximum Gasteiger partial charge on any atom is 0.323 e. The summed E-state index contributed by atoms with van der Waals surface area (Å²) in [5, 5.41) is 10.5. The van der Waals surface area contributed by atoms with E-state index in [4.69, 9.17) is 11.6 Å². The molecular formula is C11H13ClN2O6S. The number of nitrogens with one attached hydrogen (secondary N) is 1. The maximum atomic E-state index is 12.1. The molecule has 0 amide bonds. The molecule has 0 heterocycles. The van der Waals surface area contributed by atoms with Gasteiger partial charge in [-0.15, -0.1) is 0 Å². The summed E-state index contributed by atoms with van der Waals surface area (Å²) in [6.45, 7) is 2.97. The van der Waals surface area contributed by atoms with Crippen LogP contribution in [0.3, 0.4) is 0 Å². The topological polar surface area (TPSA) is 116 Å². The van der Waals surface area contributed by atoms with Gasteiger partial charge >= 0.3 is 5.97 Å². The average molecular weight is 337 g/mol. The lowest BCUT2D eigenvalue weighted by Gasteiger charge is -2.13. The smallest absolute Gasteiger partial charge is 0.323 e. The summed E-state index contributed by atoms with van der Waals surface area (Å²) in [4.78, 5) is 20.9. The molecule has 0 saturated heterocycles. The van der Waals surface area contributed by atoms with Crippen LogP contribution in [-0.2, 0) is 19.6 Å². The van der Waals surface area contributed by atoms with Gasteiger partial charge in [0, 0.05) is 12.1 Å². The number of hydrogen-bond donors (Lipinski definition) is 1. The zero-order valence-corrected chi connectivity index (χ0v) is 12.8. The fourth-order valence-corrected chi connectivity index (χ4v) is 3.13. The standard InChI is InChI=1S/C11H13ClN2O6S/c1-3-20-11(15)7(2)13-21(18,19)10-6-8(14(16)17)4-5-9(10)12/h4-7,13H,3H2,1-2H3. The first-order valence-electron chi connectivity index (χ1n) is 5.82. The zero-order chi connectivity index (χ0) is 16.2. The number of nitro benzene ring substituents is 1. The fourth-order valence-electron chi connectivity index (χ4n) is 1.42. The summed E-state index contributed by atoms with van der Waals surface area (Å²) in [6.07, 6.45) is 0. The van der Waals surface area contributed by atoms with Crippen LogP contribution in [0.5, 0.6) is 0 Å². The van der Waals surface area contributed by atoms with E-state index < -0.39 is 37.5 Å². The number of rotatable bonds is 6. The van der Waals surface area contributed by atoms with E-state index in [0.29, 0.717) is 0 Å². The van der Waals surface area contributed by atoms with Gasteiger partial charge in [-0.1, -0.05) is 11.6 Å². The van der Waals surface area contributed by atoms with Crippen LogP contribution >= 0.6 is 11.6 Å². The molecule has 0 aliphatic heterocycles. The van der Waals surface area contributed by atoms with Gasteiger partial charge in [0.1, 0.15) is 10.9 Å². The monoisotopic (exact) mass is 336 g/mol. The number of esters is 1. The summed E-state index contributed by atoms with van der Waals surface area (Å²) in [5.41, 5.74) is -0.427. The Kier molecular flexibility index (Phi) is 5.64. The first kappa shape index (κ1) is 17.3. The number of nitrogens with zero attached hydrogens (tertiary/aromatic N) is 1. The minimum Gasteiger partial charge on any atom is -0.465 e. The molecule has 0 bridgehead atoms. The van der Waals surface area contributed by atoms with E-state index in [2.05, 4.69) is 9.46 Å². The number of hydrogen-bond acceptors (Lipinski definition) is 6. The highest BCUT2D eigenvalue weighted by Gasteiger charge is 2.26. The number of ether oxygens (including phenoxy) is 1. The van der Waals surface area contributed by atoms with E-state index in [9.17, 15) is 23.3 Å². The molecule has 1 unspecified atom stereocenters. The van der Waals surface area contributed by atoms with Gasteiger partial charge in [-0.25, -0.2) is 8.42 Å². The van der Waals surface area contributed by atoms with Crippen molar-refractivity contribution in [1.82, 2.24) is 4.72 Å². The third kappa shape index (κ3) is 4.38. The minimum atomic E-state index is -4.20. The zero-order valence-electron chi connectivity index (χ0n) is 11.2. The predicted molar refractivity (Wildman–Crippen MR) is 74.5 cm³/mol. The van der Waals surface area contributed by atoms with Gasteiger partial charge in [-0.2, -0.15) is 4.72 Å². The molecule has 1 N–H and O–H groups in total. The van der Waals surface area contributed by atoms with Gasteiger partial charge in [0.2, 0.25) is 10.0 Å². The van der Waals surface area contributed by atoms with Crippen LogP contribution in [0.15, 0.2) is 23.1 Å². The molecule has 0 aromatic heterocycles. The number of benzene rings is 1. The summed E-state index contributed by atoms with van der Waals surface area (Å²) >= 11 is 5.75. The first-order chi connectivity index (χ1) is 9.69. The van der Waals surface area contributed by atoms with Crippen LogP contribution in [0.2, 0.25) is 5.02 Å². The summed E-state index contributed by atoms with van der Waals surface area (Å²) < 4.78 is 31.0. The summed E-state index contributed by atoms with van der Waals surface area (Å²) in [6, 6.07) is 1.85. The summed E-state index contributed by atoms with van der Waals surface area (Å²) in [7, 11) is -4.20. The van der Waals surface area contributed by atoms with Gasteiger partial charge in [-0.05, 0) is 19.9 Å². The highest BCUT2D eigenvalue weighted by Crippen LogP contribution is 2.26. The lowest BCUT2D eigenvalue weighted by atomic mass is 10.3. The Balaban J connectivity index is 3.11. The van der Waals surface area contributed by atoms with Crippen molar-refractivity contribution in [1.29, 1.82) is 0 Å². The van der Waals surface area contributed by atoms with Crippen LogP contribution in [0, 0.1) is 10.1 Å². The second kappa shape index (κ2) is 6.83. The van der Waals surface area contributed by atoms with Crippen molar-refractivity contribution < 1.29 is 22.9 Å². The van der Waals surface area contributed by atoms with Gasteiger partial charge in [0.05, 0.1) is 16.6 Å². The molecule has 0 spiro atoms. The third-order valence-electron chi connectivity index (χ3n) is 2.39. The van der Waals surface area contributed by atoms with E-state index >= 15 is 0 Å². The van der Waals surface area contributed by atoms with Gasteiger partial charge in [0.15, 0.2) is 0 Å². The van der Waals surface area contributed by atoms with E-state index in [-0.39, 0.29) is 11.6 Å². The van der Waals surface area contributed by atoms with Crippen molar-refractivity contribution in [2.45, 2.75) is 24.8 Å². The number of halogens is 1. The fraction of sp³-hybridized carbons (Fsp3) is 0.364. The van der Waals surface area contributed by atoms with Crippen molar-refractivity contribution in [3.05, 3.63) is 33.3 Å².